The summed E-state index contributed by atoms with van der Waals surface area (Å²) in [6, 6.07) is 0. The van der Waals surface area contributed by atoms with Crippen molar-refractivity contribution >= 4 is 11.3 Å². The molecule has 0 bridgehead atoms. The van der Waals surface area contributed by atoms with Gasteiger partial charge in [-0.2, -0.15) is 13.2 Å². The van der Waals surface area contributed by atoms with Crippen molar-refractivity contribution < 1.29 is 13.2 Å². The van der Waals surface area contributed by atoms with Crippen molar-refractivity contribution in [3.63, 3.8) is 0 Å². The molecule has 0 spiro atoms. The first-order chi connectivity index (χ1) is 7.48. The molecule has 2 heterocycles. The lowest BCUT2D eigenvalue weighted by molar-refractivity contribution is -0.147. The predicted molar refractivity (Wildman–Crippen MR) is 56.5 cm³/mol. The molecule has 0 saturated carbocycles. The van der Waals surface area contributed by atoms with Crippen LogP contribution in [0.4, 0.5) is 13.2 Å². The van der Waals surface area contributed by atoms with E-state index in [1.54, 1.807) is 11.3 Å². The quantitative estimate of drug-likeness (QED) is 0.802. The standard InChI is InChI=1S/C10H13F3N2S/c1-2-9-14-7-3-4-15(5-8(7)16-9)6-10(11,12)13/h2-6H2,1H3. The zero-order valence-corrected chi connectivity index (χ0v) is 9.79. The van der Waals surface area contributed by atoms with Gasteiger partial charge in [-0.25, -0.2) is 4.98 Å². The molecule has 0 saturated heterocycles. The van der Waals surface area contributed by atoms with E-state index in [1.807, 2.05) is 6.92 Å². The van der Waals surface area contributed by atoms with Crippen LogP contribution < -0.4 is 0 Å². The molecular formula is C10H13F3N2S. The average molecular weight is 250 g/mol. The molecule has 16 heavy (non-hydrogen) atoms. The highest BCUT2D eigenvalue weighted by Crippen LogP contribution is 2.27. The summed E-state index contributed by atoms with van der Waals surface area (Å²) in [7, 11) is 0. The number of hydrogen-bond donors (Lipinski definition) is 0. The average Bonchev–Trinajstić information content (AvgIpc) is 2.57. The van der Waals surface area contributed by atoms with Crippen molar-refractivity contribution in [2.75, 3.05) is 13.1 Å². The van der Waals surface area contributed by atoms with Gasteiger partial charge in [0.15, 0.2) is 0 Å². The maximum absolute atomic E-state index is 12.2. The Kier molecular flexibility index (Phi) is 3.21. The van der Waals surface area contributed by atoms with E-state index < -0.39 is 12.7 Å². The maximum Gasteiger partial charge on any atom is 0.401 e. The highest BCUT2D eigenvalue weighted by molar-refractivity contribution is 7.11. The summed E-state index contributed by atoms with van der Waals surface area (Å²) >= 11 is 1.54. The summed E-state index contributed by atoms with van der Waals surface area (Å²) < 4.78 is 36.7. The molecule has 0 atom stereocenters. The molecule has 2 rings (SSSR count). The van der Waals surface area contributed by atoms with E-state index >= 15 is 0 Å². The van der Waals surface area contributed by atoms with Gasteiger partial charge in [0.25, 0.3) is 0 Å². The Morgan fingerprint density at radius 3 is 2.81 bits per heavy atom. The first-order valence-corrected chi connectivity index (χ1v) is 6.06. The number of thiazole rings is 1. The van der Waals surface area contributed by atoms with Crippen LogP contribution >= 0.6 is 11.3 Å². The topological polar surface area (TPSA) is 16.1 Å². The molecule has 0 N–H and O–H groups in total. The fraction of sp³-hybridized carbons (Fsp3) is 0.700. The van der Waals surface area contributed by atoms with Crippen LogP contribution in [0.2, 0.25) is 0 Å². The van der Waals surface area contributed by atoms with Gasteiger partial charge in [-0.15, -0.1) is 11.3 Å². The van der Waals surface area contributed by atoms with Crippen LogP contribution in [0, 0.1) is 0 Å². The summed E-state index contributed by atoms with van der Waals surface area (Å²) in [5.41, 5.74) is 1.00. The van der Waals surface area contributed by atoms with E-state index in [0.29, 0.717) is 19.5 Å². The third-order valence-electron chi connectivity index (χ3n) is 2.56. The Morgan fingerprint density at radius 1 is 1.44 bits per heavy atom. The van der Waals surface area contributed by atoms with Gasteiger partial charge in [-0.05, 0) is 6.42 Å². The fourth-order valence-electron chi connectivity index (χ4n) is 1.84. The number of fused-ring (bicyclic) bond motifs is 1. The molecule has 0 fully saturated rings. The number of alkyl halides is 3. The molecule has 0 aromatic carbocycles. The first kappa shape index (κ1) is 11.9. The summed E-state index contributed by atoms with van der Waals surface area (Å²) in [4.78, 5) is 6.86. The second-order valence-electron chi connectivity index (χ2n) is 3.91. The van der Waals surface area contributed by atoms with E-state index in [-0.39, 0.29) is 0 Å². The Morgan fingerprint density at radius 2 is 2.19 bits per heavy atom. The Balaban J connectivity index is 2.05. The van der Waals surface area contributed by atoms with Crippen LogP contribution in [-0.4, -0.2) is 29.1 Å². The van der Waals surface area contributed by atoms with Gasteiger partial charge >= 0.3 is 6.18 Å². The molecule has 1 aromatic heterocycles. The smallest absolute Gasteiger partial charge is 0.289 e. The molecule has 1 aromatic rings. The van der Waals surface area contributed by atoms with Gasteiger partial charge < -0.3 is 0 Å². The van der Waals surface area contributed by atoms with E-state index in [9.17, 15) is 13.2 Å². The van der Waals surface area contributed by atoms with E-state index in [4.69, 9.17) is 0 Å². The normalized spacial score (nSPS) is 17.5. The molecule has 0 aliphatic carbocycles. The van der Waals surface area contributed by atoms with E-state index in [1.165, 1.54) is 4.90 Å². The zero-order chi connectivity index (χ0) is 11.8. The van der Waals surface area contributed by atoms with Gasteiger partial charge in [0.2, 0.25) is 0 Å². The van der Waals surface area contributed by atoms with Crippen molar-refractivity contribution in [3.8, 4) is 0 Å². The SMILES string of the molecule is CCc1nc2c(s1)CN(CC(F)(F)F)CC2. The second-order valence-corrected chi connectivity index (χ2v) is 5.08. The monoisotopic (exact) mass is 250 g/mol. The minimum atomic E-state index is -4.10. The molecule has 0 radical (unpaired) electrons. The molecule has 1 aliphatic heterocycles. The van der Waals surface area contributed by atoms with Gasteiger partial charge in [-0.1, -0.05) is 6.92 Å². The largest absolute Gasteiger partial charge is 0.401 e. The van der Waals surface area contributed by atoms with Crippen LogP contribution in [0.15, 0.2) is 0 Å². The Bertz CT molecular complexity index is 373. The molecule has 0 amide bonds. The number of hydrogen-bond acceptors (Lipinski definition) is 3. The highest BCUT2D eigenvalue weighted by atomic mass is 32.1. The van der Waals surface area contributed by atoms with Crippen molar-refractivity contribution in [1.29, 1.82) is 0 Å². The zero-order valence-electron chi connectivity index (χ0n) is 8.97. The third kappa shape index (κ3) is 2.74. The van der Waals surface area contributed by atoms with Crippen LogP contribution in [0.5, 0.6) is 0 Å². The molecule has 2 nitrogen and oxygen atoms in total. The van der Waals surface area contributed by atoms with Crippen LogP contribution in [0.25, 0.3) is 0 Å². The molecular weight excluding hydrogens is 237 g/mol. The van der Waals surface area contributed by atoms with Crippen molar-refractivity contribution in [1.82, 2.24) is 9.88 Å². The number of aromatic nitrogens is 1. The van der Waals surface area contributed by atoms with Crippen molar-refractivity contribution in [2.45, 2.75) is 32.5 Å². The maximum atomic E-state index is 12.2. The third-order valence-corrected chi connectivity index (χ3v) is 3.79. The minimum Gasteiger partial charge on any atom is -0.289 e. The van der Waals surface area contributed by atoms with Gasteiger partial charge in [0, 0.05) is 24.4 Å². The van der Waals surface area contributed by atoms with Crippen LogP contribution in [-0.2, 0) is 19.4 Å². The molecule has 1 aliphatic rings. The summed E-state index contributed by atoms with van der Waals surface area (Å²) in [5.74, 6) is 0. The highest BCUT2D eigenvalue weighted by Gasteiger charge is 2.32. The van der Waals surface area contributed by atoms with E-state index in [0.717, 1.165) is 22.0 Å². The number of nitrogens with zero attached hydrogens (tertiary/aromatic N) is 2. The van der Waals surface area contributed by atoms with E-state index in [2.05, 4.69) is 4.98 Å². The lowest BCUT2D eigenvalue weighted by atomic mass is 10.2. The van der Waals surface area contributed by atoms with Crippen LogP contribution in [0.3, 0.4) is 0 Å². The van der Waals surface area contributed by atoms with Gasteiger partial charge in [0.1, 0.15) is 0 Å². The number of halogens is 3. The first-order valence-electron chi connectivity index (χ1n) is 5.24. The summed E-state index contributed by atoms with van der Waals surface area (Å²) in [6.07, 6.45) is -2.60. The summed E-state index contributed by atoms with van der Waals surface area (Å²) in [6.45, 7) is 2.05. The lowest BCUT2D eigenvalue weighted by Gasteiger charge is -2.26. The lowest BCUT2D eigenvalue weighted by Crippen LogP contribution is -2.37. The number of rotatable bonds is 2. The van der Waals surface area contributed by atoms with Crippen LogP contribution in [0.1, 0.15) is 22.5 Å². The van der Waals surface area contributed by atoms with Gasteiger partial charge in [-0.3, -0.25) is 4.90 Å². The molecule has 6 heteroatoms. The Hall–Kier alpha value is -0.620. The molecule has 90 valence electrons. The fourth-order valence-corrected chi connectivity index (χ4v) is 2.94. The van der Waals surface area contributed by atoms with Crippen molar-refractivity contribution in [2.24, 2.45) is 0 Å². The molecule has 0 unspecified atom stereocenters. The number of aryl methyl sites for hydroxylation is 1. The second kappa shape index (κ2) is 4.33. The predicted octanol–water partition coefficient (Wildman–Crippen LogP) is 2.63. The van der Waals surface area contributed by atoms with Gasteiger partial charge in [0.05, 0.1) is 17.2 Å². The van der Waals surface area contributed by atoms with Crippen molar-refractivity contribution in [3.05, 3.63) is 15.6 Å². The minimum absolute atomic E-state index is 0.395. The summed E-state index contributed by atoms with van der Waals surface area (Å²) in [5, 5.41) is 1.03. The Labute approximate surface area is 96.1 Å².